The highest BCUT2D eigenvalue weighted by Crippen LogP contribution is 2.45. The van der Waals surface area contributed by atoms with Gasteiger partial charge in [-0.15, -0.1) is 0 Å². The fourth-order valence-electron chi connectivity index (χ4n) is 21.0. The molecule has 11 aromatic rings. The van der Waals surface area contributed by atoms with Crippen molar-refractivity contribution in [3.05, 3.63) is 310 Å². The summed E-state index contributed by atoms with van der Waals surface area (Å²) in [7, 11) is 7.46. The first-order valence-electron chi connectivity index (χ1n) is 51.4. The van der Waals surface area contributed by atoms with E-state index in [-0.39, 0.29) is 90.6 Å². The number of hydrogen-bond donors (Lipinski definition) is 7. The molecule has 9 aromatic carbocycles. The maximum atomic E-state index is 16.8. The molecule has 0 bridgehead atoms. The third-order valence-electron chi connectivity index (χ3n) is 29.4. The average molecular weight is 2030 g/mol. The molecule has 778 valence electrons. The summed E-state index contributed by atoms with van der Waals surface area (Å²) in [6, 6.07) is 60.2. The van der Waals surface area contributed by atoms with Gasteiger partial charge in [-0.25, -0.2) is 0 Å². The first-order chi connectivity index (χ1) is 71.7. The Morgan fingerprint density at radius 1 is 0.459 bits per heavy atom. The molecule has 4 saturated heterocycles. The van der Waals surface area contributed by atoms with E-state index in [0.29, 0.717) is 110 Å². The molecule has 32 heteroatoms. The molecule has 11 atom stereocenters. The second-order valence-corrected chi connectivity index (χ2v) is 39.2. The molecule has 2 aromatic heterocycles. The molecule has 31 nitrogen and oxygen atoms in total. The number of aromatic nitrogens is 2. The number of ether oxygens (including phenoxy) is 5. The van der Waals surface area contributed by atoms with E-state index in [4.69, 9.17) is 35.3 Å². The number of para-hydroxylation sites is 2. The average Bonchev–Trinajstić information content (AvgIpc) is 0.887. The van der Waals surface area contributed by atoms with Gasteiger partial charge in [0, 0.05) is 138 Å². The van der Waals surface area contributed by atoms with Crippen molar-refractivity contribution in [2.24, 2.45) is 5.92 Å². The number of aromatic amines is 2. The molecule has 0 saturated carbocycles. The van der Waals surface area contributed by atoms with Crippen LogP contribution in [0.3, 0.4) is 0 Å². The number of piperidine rings is 1. The van der Waals surface area contributed by atoms with Gasteiger partial charge in [-0.2, -0.15) is 0 Å². The van der Waals surface area contributed by atoms with Crippen molar-refractivity contribution in [2.75, 3.05) is 101 Å². The maximum absolute atomic E-state index is 16.8. The molecule has 0 radical (unpaired) electrons. The standard InChI is InChI=1S/C116H135ClN14O17/c1-10-76(4)105-114(143)127(7)99(65-77-36-34-45-86(117)64-77)108(137)123-97(74-147-115(80-37-18-13-19-38-80,81-39-20-14-21-40-81)82-41-22-15-23-42-82)107(136)121-94(66-78-70-118-92-48-28-26-46-90(78)92)106(135)122-95(67-79-71-119-93-49-29-27-47-91(79)93)111(140)130-63-35-50-98(130)112(141)125(5)73-102(132)120-96(110(139)129-61-31-17-32-62-129)69-104(134)128(11-2)60-33-30-51-103(133)126(6)101(113(142)131-72-89(146-12-3)68-100(131)109(138)124-105)75-148-116(83-43-24-16-25-44-83,84-52-56-87(144-8)57-53-84)85-54-58-88(145-9)59-55-85/h13-16,18-29,34,36-49,52-59,64,70-71,76,89,94-101,105,118-119H,10-12,17,30-33,35,50-51,60-63,65-69,72-75H2,1-9H3,(H,120,132)(H,121,136)(H,122,135)(H,123,137)(H,124,138)/t76-,89+,94-,95-,96-,97-,98-,99-,100-,101-,105-/m0/s1. The number of hydrogen-bond acceptors (Lipinski definition) is 17. The first-order valence-corrected chi connectivity index (χ1v) is 51.8. The van der Waals surface area contributed by atoms with Gasteiger partial charge in [0.05, 0.1) is 46.5 Å². The number of likely N-dealkylation sites (tertiary alicyclic amines) is 1. The summed E-state index contributed by atoms with van der Waals surface area (Å²) in [5, 5.41) is 16.9. The van der Waals surface area contributed by atoms with Crippen LogP contribution < -0.4 is 36.1 Å². The van der Waals surface area contributed by atoms with E-state index < -0.39 is 175 Å². The van der Waals surface area contributed by atoms with Crippen molar-refractivity contribution in [3.63, 3.8) is 0 Å². The number of carbonyl (C=O) groups is 12. The van der Waals surface area contributed by atoms with Gasteiger partial charge in [0.25, 0.3) is 0 Å². The largest absolute Gasteiger partial charge is 0.497 e. The Kier molecular flexibility index (Phi) is 36.6. The van der Waals surface area contributed by atoms with Gasteiger partial charge in [-0.3, -0.25) is 57.5 Å². The van der Waals surface area contributed by atoms with Crippen molar-refractivity contribution in [1.82, 2.24) is 70.9 Å². The van der Waals surface area contributed by atoms with Crippen LogP contribution >= 0.6 is 11.6 Å². The highest BCUT2D eigenvalue weighted by Gasteiger charge is 2.50. The summed E-state index contributed by atoms with van der Waals surface area (Å²) in [6.45, 7) is 6.51. The monoisotopic (exact) mass is 2030 g/mol. The van der Waals surface area contributed by atoms with Crippen LogP contribution in [0.1, 0.15) is 148 Å². The molecule has 148 heavy (non-hydrogen) atoms. The number of methoxy groups -OCH3 is 2. The Morgan fingerprint density at radius 2 is 0.973 bits per heavy atom. The van der Waals surface area contributed by atoms with Crippen molar-refractivity contribution < 1.29 is 81.2 Å². The summed E-state index contributed by atoms with van der Waals surface area (Å²) in [5.74, 6) is -8.07. The second-order valence-electron chi connectivity index (χ2n) is 38.8. The number of benzene rings is 9. The number of carbonyl (C=O) groups excluding carboxylic acids is 12. The van der Waals surface area contributed by atoms with Gasteiger partial charge in [0.1, 0.15) is 77.1 Å². The third-order valence-corrected chi connectivity index (χ3v) is 29.6. The number of likely N-dealkylation sites (N-methyl/N-ethyl adjacent to an activating group) is 3. The summed E-state index contributed by atoms with van der Waals surface area (Å²) >= 11 is 6.84. The molecular weight excluding hydrogens is 1900 g/mol. The van der Waals surface area contributed by atoms with E-state index in [2.05, 4.69) is 36.6 Å². The molecule has 0 aliphatic carbocycles. The number of fused-ring (bicyclic) bond motifs is 4. The van der Waals surface area contributed by atoms with Crippen LogP contribution in [0.4, 0.5) is 0 Å². The lowest BCUT2D eigenvalue weighted by Gasteiger charge is -2.39. The van der Waals surface area contributed by atoms with Crippen LogP contribution in [0.5, 0.6) is 11.5 Å². The van der Waals surface area contributed by atoms with Crippen LogP contribution in [-0.4, -0.2) is 277 Å². The van der Waals surface area contributed by atoms with Crippen molar-refractivity contribution >= 4 is 104 Å². The van der Waals surface area contributed by atoms with E-state index >= 15 is 43.2 Å². The van der Waals surface area contributed by atoms with Crippen molar-refractivity contribution in [2.45, 2.75) is 189 Å². The Labute approximate surface area is 869 Å². The second kappa shape index (κ2) is 50.2. The van der Waals surface area contributed by atoms with Crippen LogP contribution in [0, 0.1) is 5.92 Å². The molecule has 7 N–H and O–H groups in total. The maximum Gasteiger partial charge on any atom is 0.248 e. The Morgan fingerprint density at radius 3 is 1.51 bits per heavy atom. The number of rotatable bonds is 26. The minimum atomic E-state index is -1.81. The highest BCUT2D eigenvalue weighted by molar-refractivity contribution is 6.30. The SMILES string of the molecule is CCO[C@@H]1C[C@H]2C(=O)N[C@@H]([C@@H](C)CC)C(=O)N(C)[C@@H](Cc3cccc(Cl)c3)C(=O)N[C@@H](COC(c3ccccc3)(c3ccccc3)c3ccccc3)C(=O)N[C@@H](Cc3c[nH]c4ccccc34)C(=O)N[C@@H](Cc3c[nH]c4ccccc34)C(=O)N3CCC[C@H]3C(=O)N(C)CC(=O)N[C@H](C(=O)N3CCCCC3)CC(=O)N(CC)CCCCC(=O)N(C)[C@@H](COC(c3ccccc3)(c3ccc(OC)cc3)c3ccc(OC)cc3)C(=O)N2C1. The number of H-pyrrole nitrogens is 2. The van der Waals surface area contributed by atoms with Gasteiger partial charge < -0.3 is 94.5 Å². The molecule has 12 amide bonds. The lowest BCUT2D eigenvalue weighted by Crippen LogP contribution is -2.62. The van der Waals surface area contributed by atoms with E-state index in [9.17, 15) is 14.4 Å². The predicted molar refractivity (Wildman–Crippen MR) is 564 cm³/mol. The number of halogens is 1. The van der Waals surface area contributed by atoms with Crippen molar-refractivity contribution in [1.29, 1.82) is 0 Å². The van der Waals surface area contributed by atoms with Crippen LogP contribution in [0.2, 0.25) is 5.02 Å². The van der Waals surface area contributed by atoms with Gasteiger partial charge in [0.2, 0.25) is 70.9 Å². The molecule has 15 rings (SSSR count). The van der Waals surface area contributed by atoms with Gasteiger partial charge in [-0.1, -0.05) is 226 Å². The molecule has 0 spiro atoms. The zero-order valence-electron chi connectivity index (χ0n) is 85.5. The van der Waals surface area contributed by atoms with Gasteiger partial charge in [0.15, 0.2) is 0 Å². The Balaban J connectivity index is 0.847. The molecule has 6 heterocycles. The Bertz CT molecular complexity index is 6290. The quantitative estimate of drug-likeness (QED) is 0.0248. The molecule has 0 unspecified atom stereocenters. The van der Waals surface area contributed by atoms with Gasteiger partial charge in [-0.05, 0) is 163 Å². The highest BCUT2D eigenvalue weighted by atomic mass is 35.5. The first kappa shape index (κ1) is 108. The van der Waals surface area contributed by atoms with E-state index in [1.165, 1.54) is 45.6 Å². The number of nitrogens with one attached hydrogen (secondary N) is 7. The minimum absolute atomic E-state index is 0.0472. The topological polar surface area (TPSA) is 365 Å². The lowest BCUT2D eigenvalue weighted by atomic mass is 9.80. The molecule has 4 aliphatic heterocycles. The summed E-state index contributed by atoms with van der Waals surface area (Å²) < 4.78 is 32.8. The van der Waals surface area contributed by atoms with Crippen LogP contribution in [0.15, 0.2) is 255 Å². The smallest absolute Gasteiger partial charge is 0.248 e. The van der Waals surface area contributed by atoms with Crippen LogP contribution in [0.25, 0.3) is 21.8 Å². The fourth-order valence-corrected chi connectivity index (χ4v) is 21.2. The Hall–Kier alpha value is -14.5. The van der Waals surface area contributed by atoms with Gasteiger partial charge >= 0.3 is 0 Å². The molecular formula is C116H135ClN14O17. The molecule has 4 fully saturated rings. The van der Waals surface area contributed by atoms with Crippen molar-refractivity contribution in [3.8, 4) is 11.5 Å². The predicted octanol–water partition coefficient (Wildman–Crippen LogP) is 12.4. The van der Waals surface area contributed by atoms with Crippen LogP contribution in [-0.2, 0) is 102 Å². The van der Waals surface area contributed by atoms with E-state index in [0.717, 1.165) is 17.3 Å². The molecule has 4 aliphatic rings. The number of amides is 12. The number of nitrogens with zero attached hydrogens (tertiary/aromatic N) is 7. The minimum Gasteiger partial charge on any atom is -0.497 e. The zero-order chi connectivity index (χ0) is 105. The van der Waals surface area contributed by atoms with E-state index in [1.807, 2.05) is 201 Å². The zero-order valence-corrected chi connectivity index (χ0v) is 86.3. The summed E-state index contributed by atoms with van der Waals surface area (Å²) in [5.41, 5.74) is 3.67. The fraction of sp³-hybridized carbons (Fsp3) is 0.397. The lowest BCUT2D eigenvalue weighted by molar-refractivity contribution is -0.152. The van der Waals surface area contributed by atoms with E-state index in [1.54, 1.807) is 106 Å². The summed E-state index contributed by atoms with van der Waals surface area (Å²) in [4.78, 5) is 208. The third kappa shape index (κ3) is 25.0. The normalized spacial score (nSPS) is 21.6. The summed E-state index contributed by atoms with van der Waals surface area (Å²) in [6.07, 6.45) is 4.79.